The molecule has 3 N–H and O–H groups in total. The van der Waals surface area contributed by atoms with Gasteiger partial charge in [-0.15, -0.1) is 0 Å². The smallest absolute Gasteiger partial charge is 0.239 e. The second-order valence-electron chi connectivity index (χ2n) is 4.37. The summed E-state index contributed by atoms with van der Waals surface area (Å²) in [6.45, 7) is 3.89. The van der Waals surface area contributed by atoms with Crippen molar-refractivity contribution < 1.29 is 9.59 Å². The third-order valence-electron chi connectivity index (χ3n) is 2.43. The van der Waals surface area contributed by atoms with Crippen LogP contribution in [0, 0.1) is 0 Å². The van der Waals surface area contributed by atoms with E-state index in [1.54, 1.807) is 17.0 Å². The van der Waals surface area contributed by atoms with Crippen molar-refractivity contribution in [3.63, 3.8) is 0 Å². The van der Waals surface area contributed by atoms with E-state index in [1.165, 1.54) is 6.20 Å². The van der Waals surface area contributed by atoms with E-state index in [4.69, 9.17) is 17.3 Å². The van der Waals surface area contributed by atoms with Gasteiger partial charge in [-0.05, 0) is 26.0 Å². The van der Waals surface area contributed by atoms with Gasteiger partial charge >= 0.3 is 0 Å². The fraction of sp³-hybridized carbons (Fsp3) is 0.417. The number of nitrogens with one attached hydrogen (secondary N) is 1. The molecule has 0 unspecified atom stereocenters. The topological polar surface area (TPSA) is 88.3 Å². The second kappa shape index (κ2) is 7.06. The molecule has 0 spiro atoms. The maximum absolute atomic E-state index is 11.8. The Morgan fingerprint density at radius 2 is 2.11 bits per heavy atom. The van der Waals surface area contributed by atoms with Gasteiger partial charge in [-0.1, -0.05) is 11.6 Å². The first-order chi connectivity index (χ1) is 8.88. The summed E-state index contributed by atoms with van der Waals surface area (Å²) in [5.74, 6) is -0.312. The number of halogens is 1. The summed E-state index contributed by atoms with van der Waals surface area (Å²) < 4.78 is 0. The zero-order chi connectivity index (χ0) is 14.4. The van der Waals surface area contributed by atoms with Gasteiger partial charge in [0, 0.05) is 12.2 Å². The van der Waals surface area contributed by atoms with Crippen molar-refractivity contribution in [3.8, 4) is 0 Å². The summed E-state index contributed by atoms with van der Waals surface area (Å²) in [6, 6.07) is 3.28. The molecule has 19 heavy (non-hydrogen) atoms. The Bertz CT molecular complexity index is 448. The Hall–Kier alpha value is -1.66. The number of hydrogen-bond donors (Lipinski definition) is 2. The number of pyridine rings is 1. The van der Waals surface area contributed by atoms with Gasteiger partial charge in [0.25, 0.3) is 0 Å². The number of amides is 2. The summed E-state index contributed by atoms with van der Waals surface area (Å²) in [5, 5.41) is 3.12. The first-order valence-electron chi connectivity index (χ1n) is 5.82. The molecule has 0 saturated heterocycles. The van der Waals surface area contributed by atoms with Crippen LogP contribution in [-0.2, 0) is 9.59 Å². The fourth-order valence-corrected chi connectivity index (χ4v) is 1.55. The summed E-state index contributed by atoms with van der Waals surface area (Å²) in [4.78, 5) is 28.4. The van der Waals surface area contributed by atoms with Gasteiger partial charge < -0.3 is 11.1 Å². The van der Waals surface area contributed by atoms with Crippen molar-refractivity contribution in [2.24, 2.45) is 5.73 Å². The number of hydrogen-bond acceptors (Lipinski definition) is 4. The highest BCUT2D eigenvalue weighted by molar-refractivity contribution is 6.30. The molecule has 6 nitrogen and oxygen atoms in total. The summed E-state index contributed by atoms with van der Waals surface area (Å²) >= 11 is 5.70. The van der Waals surface area contributed by atoms with Crippen molar-refractivity contribution in [2.75, 3.05) is 18.4 Å². The van der Waals surface area contributed by atoms with E-state index in [0.717, 1.165) is 0 Å². The third-order valence-corrected chi connectivity index (χ3v) is 2.65. The highest BCUT2D eigenvalue weighted by atomic mass is 35.5. The summed E-state index contributed by atoms with van der Waals surface area (Å²) in [7, 11) is 0. The molecule has 0 aromatic carbocycles. The molecule has 0 bridgehead atoms. The minimum atomic E-state index is -0.467. The van der Waals surface area contributed by atoms with Crippen molar-refractivity contribution in [3.05, 3.63) is 23.4 Å². The average molecular weight is 285 g/mol. The van der Waals surface area contributed by atoms with E-state index in [-0.39, 0.29) is 25.0 Å². The van der Waals surface area contributed by atoms with Crippen LogP contribution in [0.25, 0.3) is 0 Å². The molecule has 1 aromatic heterocycles. The highest BCUT2D eigenvalue weighted by Crippen LogP contribution is 2.09. The molecule has 0 radical (unpaired) electrons. The monoisotopic (exact) mass is 284 g/mol. The van der Waals surface area contributed by atoms with Gasteiger partial charge in [0.05, 0.1) is 18.1 Å². The van der Waals surface area contributed by atoms with Crippen molar-refractivity contribution in [2.45, 2.75) is 19.9 Å². The predicted molar refractivity (Wildman–Crippen MR) is 73.8 cm³/mol. The Labute approximate surface area is 116 Å². The number of primary amides is 1. The maximum atomic E-state index is 11.8. The fourth-order valence-electron chi connectivity index (χ4n) is 1.44. The lowest BCUT2D eigenvalue weighted by molar-refractivity contribution is -0.121. The third kappa shape index (κ3) is 5.67. The number of carbonyl (C=O) groups excluding carboxylic acids is 2. The minimum absolute atomic E-state index is 0.0384. The lowest BCUT2D eigenvalue weighted by Crippen LogP contribution is -2.43. The molecular formula is C12H17ClN4O2. The number of aromatic nitrogens is 1. The number of nitrogens with two attached hydrogens (primary N) is 1. The van der Waals surface area contributed by atoms with Crippen LogP contribution in [0.15, 0.2) is 18.3 Å². The van der Waals surface area contributed by atoms with Crippen LogP contribution < -0.4 is 11.1 Å². The Kier molecular flexibility index (Phi) is 5.72. The summed E-state index contributed by atoms with van der Waals surface area (Å²) in [5.41, 5.74) is 5.14. The Morgan fingerprint density at radius 3 is 2.58 bits per heavy atom. The van der Waals surface area contributed by atoms with Gasteiger partial charge in [0.2, 0.25) is 11.8 Å². The lowest BCUT2D eigenvalue weighted by atomic mass is 10.3. The predicted octanol–water partition coefficient (Wildman–Crippen LogP) is 0.869. The molecule has 104 valence electrons. The van der Waals surface area contributed by atoms with Gasteiger partial charge in [0.15, 0.2) is 0 Å². The molecule has 0 saturated carbocycles. The number of rotatable bonds is 6. The van der Waals surface area contributed by atoms with E-state index in [1.807, 2.05) is 13.8 Å². The highest BCUT2D eigenvalue weighted by Gasteiger charge is 2.16. The van der Waals surface area contributed by atoms with Crippen LogP contribution in [0.2, 0.25) is 5.02 Å². The van der Waals surface area contributed by atoms with Gasteiger partial charge in [0.1, 0.15) is 5.82 Å². The van der Waals surface area contributed by atoms with E-state index >= 15 is 0 Å². The lowest BCUT2D eigenvalue weighted by Gasteiger charge is -2.23. The zero-order valence-electron chi connectivity index (χ0n) is 10.9. The van der Waals surface area contributed by atoms with Crippen LogP contribution in [-0.4, -0.2) is 40.8 Å². The molecule has 0 fully saturated rings. The second-order valence-corrected chi connectivity index (χ2v) is 4.81. The number of carbonyl (C=O) groups is 2. The van der Waals surface area contributed by atoms with Gasteiger partial charge in [-0.3, -0.25) is 14.5 Å². The molecule has 0 aliphatic heterocycles. The largest absolute Gasteiger partial charge is 0.369 e. The maximum Gasteiger partial charge on any atom is 0.239 e. The van der Waals surface area contributed by atoms with E-state index in [9.17, 15) is 9.59 Å². The summed E-state index contributed by atoms with van der Waals surface area (Å²) in [6.07, 6.45) is 1.45. The van der Waals surface area contributed by atoms with Crippen LogP contribution in [0.4, 0.5) is 5.82 Å². The Morgan fingerprint density at radius 1 is 1.42 bits per heavy atom. The van der Waals surface area contributed by atoms with Crippen LogP contribution in [0.3, 0.4) is 0 Å². The molecule has 2 amide bonds. The van der Waals surface area contributed by atoms with Crippen LogP contribution in [0.1, 0.15) is 13.8 Å². The average Bonchev–Trinajstić information content (AvgIpc) is 2.30. The van der Waals surface area contributed by atoms with E-state index in [0.29, 0.717) is 10.8 Å². The van der Waals surface area contributed by atoms with Crippen LogP contribution >= 0.6 is 11.6 Å². The molecule has 0 aliphatic rings. The first kappa shape index (κ1) is 15.4. The molecule has 0 atom stereocenters. The molecule has 7 heteroatoms. The van der Waals surface area contributed by atoms with Crippen molar-refractivity contribution in [1.29, 1.82) is 0 Å². The van der Waals surface area contributed by atoms with E-state index < -0.39 is 5.91 Å². The quantitative estimate of drug-likeness (QED) is 0.811. The minimum Gasteiger partial charge on any atom is -0.369 e. The van der Waals surface area contributed by atoms with Gasteiger partial charge in [-0.25, -0.2) is 4.98 Å². The van der Waals surface area contributed by atoms with Crippen LogP contribution in [0.5, 0.6) is 0 Å². The number of nitrogens with zero attached hydrogens (tertiary/aromatic N) is 2. The molecule has 0 aliphatic carbocycles. The molecule has 1 rings (SSSR count). The molecule has 1 aromatic rings. The van der Waals surface area contributed by atoms with Crippen molar-refractivity contribution >= 4 is 29.2 Å². The molecular weight excluding hydrogens is 268 g/mol. The Balaban J connectivity index is 2.57. The molecule has 1 heterocycles. The van der Waals surface area contributed by atoms with Crippen molar-refractivity contribution in [1.82, 2.24) is 9.88 Å². The van der Waals surface area contributed by atoms with Gasteiger partial charge in [-0.2, -0.15) is 0 Å². The standard InChI is InChI=1S/C12H17ClN4O2/c1-8(2)17(6-10(14)18)7-12(19)16-11-4-3-9(13)5-15-11/h3-5,8H,6-7H2,1-2H3,(H2,14,18)(H,15,16,19). The zero-order valence-corrected chi connectivity index (χ0v) is 11.6. The first-order valence-corrected chi connectivity index (χ1v) is 6.20. The normalized spacial score (nSPS) is 10.8. The SMILES string of the molecule is CC(C)N(CC(N)=O)CC(=O)Nc1ccc(Cl)cn1. The van der Waals surface area contributed by atoms with E-state index in [2.05, 4.69) is 10.3 Å². The number of anilines is 1.